The molecule has 0 radical (unpaired) electrons. The molecule has 0 aliphatic carbocycles. The Balaban J connectivity index is 1.39. The SMILES string of the molecule is O=C1NC(=O)N(c2ccc(Oc3ccccc3)cc2)C(=S)/C1=C/c1ccc(-c2ccccc2)s1. The highest BCUT2D eigenvalue weighted by atomic mass is 32.1. The minimum absolute atomic E-state index is 0.153. The monoisotopic (exact) mass is 482 g/mol. The highest BCUT2D eigenvalue weighted by Gasteiger charge is 2.33. The molecule has 3 amide bonds. The second-order valence-corrected chi connectivity index (χ2v) is 8.94. The summed E-state index contributed by atoms with van der Waals surface area (Å²) in [5, 5.41) is 2.39. The Morgan fingerprint density at radius 3 is 2.15 bits per heavy atom. The molecule has 5 rings (SSSR count). The molecule has 0 atom stereocenters. The van der Waals surface area contributed by atoms with Crippen LogP contribution >= 0.6 is 23.6 Å². The Morgan fingerprint density at radius 2 is 1.44 bits per heavy atom. The standard InChI is InChI=1S/C27H18N2O3S2/c30-25-23(17-22-15-16-24(34-22)18-7-3-1-4-8-18)26(33)29(27(31)28-25)19-11-13-21(14-12-19)32-20-9-5-2-6-10-20/h1-17H,(H,28,30,31)/b23-17+. The first kappa shape index (κ1) is 21.8. The van der Waals surface area contributed by atoms with E-state index >= 15 is 0 Å². The van der Waals surface area contributed by atoms with Gasteiger partial charge in [-0.1, -0.05) is 60.7 Å². The Morgan fingerprint density at radius 1 is 0.794 bits per heavy atom. The van der Waals surface area contributed by atoms with Crippen LogP contribution in [-0.4, -0.2) is 16.9 Å². The van der Waals surface area contributed by atoms with Crippen molar-refractivity contribution >= 4 is 52.2 Å². The topological polar surface area (TPSA) is 58.6 Å². The molecule has 0 spiro atoms. The molecule has 34 heavy (non-hydrogen) atoms. The van der Waals surface area contributed by atoms with Crippen molar-refractivity contribution in [2.24, 2.45) is 0 Å². The summed E-state index contributed by atoms with van der Waals surface area (Å²) in [4.78, 5) is 28.7. The highest BCUT2D eigenvalue weighted by Crippen LogP contribution is 2.31. The third-order valence-electron chi connectivity index (χ3n) is 5.15. The second-order valence-electron chi connectivity index (χ2n) is 7.43. The van der Waals surface area contributed by atoms with Crippen molar-refractivity contribution in [1.82, 2.24) is 5.32 Å². The molecule has 3 aromatic carbocycles. The maximum atomic E-state index is 12.6. The van der Waals surface area contributed by atoms with Gasteiger partial charge in [0.2, 0.25) is 0 Å². The number of thiocarbonyl (C=S) groups is 1. The average molecular weight is 483 g/mol. The normalized spacial score (nSPS) is 14.9. The number of nitrogens with one attached hydrogen (secondary N) is 1. The van der Waals surface area contributed by atoms with Crippen LogP contribution in [0.3, 0.4) is 0 Å². The maximum absolute atomic E-state index is 12.6. The Bertz CT molecular complexity index is 1390. The number of hydrogen-bond acceptors (Lipinski definition) is 5. The average Bonchev–Trinajstić information content (AvgIpc) is 3.33. The lowest BCUT2D eigenvalue weighted by Gasteiger charge is -2.29. The molecule has 1 fully saturated rings. The van der Waals surface area contributed by atoms with Crippen molar-refractivity contribution < 1.29 is 14.3 Å². The predicted molar refractivity (Wildman–Crippen MR) is 139 cm³/mol. The number of rotatable bonds is 5. The van der Waals surface area contributed by atoms with Crippen molar-refractivity contribution in [2.75, 3.05) is 4.90 Å². The van der Waals surface area contributed by atoms with E-state index in [4.69, 9.17) is 17.0 Å². The van der Waals surface area contributed by atoms with E-state index in [-0.39, 0.29) is 10.6 Å². The van der Waals surface area contributed by atoms with Crippen molar-refractivity contribution in [3.63, 3.8) is 0 Å². The first-order valence-electron chi connectivity index (χ1n) is 10.5. The lowest BCUT2D eigenvalue weighted by molar-refractivity contribution is -0.116. The summed E-state index contributed by atoms with van der Waals surface area (Å²) >= 11 is 7.12. The van der Waals surface area contributed by atoms with Crippen LogP contribution in [0.5, 0.6) is 11.5 Å². The molecule has 1 saturated heterocycles. The minimum Gasteiger partial charge on any atom is -0.457 e. The summed E-state index contributed by atoms with van der Waals surface area (Å²) in [5.41, 5.74) is 1.90. The fourth-order valence-corrected chi connectivity index (χ4v) is 4.81. The molecule has 1 aliphatic heterocycles. The number of amides is 3. The van der Waals surface area contributed by atoms with Crippen LogP contribution in [0.25, 0.3) is 16.5 Å². The first-order valence-corrected chi connectivity index (χ1v) is 11.7. The Kier molecular flexibility index (Phi) is 6.03. The lowest BCUT2D eigenvalue weighted by Crippen LogP contribution is -2.53. The van der Waals surface area contributed by atoms with Crippen molar-refractivity contribution in [3.8, 4) is 21.9 Å². The summed E-state index contributed by atoms with van der Waals surface area (Å²) in [5.74, 6) is 0.824. The van der Waals surface area contributed by atoms with E-state index in [1.54, 1.807) is 41.7 Å². The van der Waals surface area contributed by atoms with Gasteiger partial charge >= 0.3 is 6.03 Å². The zero-order chi connectivity index (χ0) is 23.5. The van der Waals surface area contributed by atoms with Crippen LogP contribution < -0.4 is 15.0 Å². The zero-order valence-electron chi connectivity index (χ0n) is 17.8. The van der Waals surface area contributed by atoms with Gasteiger partial charge in [0.15, 0.2) is 0 Å². The number of imide groups is 1. The minimum atomic E-state index is -0.583. The van der Waals surface area contributed by atoms with E-state index in [9.17, 15) is 9.59 Å². The molecule has 2 heterocycles. The van der Waals surface area contributed by atoms with Gasteiger partial charge in [-0.2, -0.15) is 0 Å². The van der Waals surface area contributed by atoms with E-state index in [1.165, 1.54) is 4.90 Å². The van der Waals surface area contributed by atoms with Gasteiger partial charge in [-0.3, -0.25) is 15.0 Å². The fourth-order valence-electron chi connectivity index (χ4n) is 3.51. The van der Waals surface area contributed by atoms with E-state index < -0.39 is 11.9 Å². The molecule has 0 bridgehead atoms. The second kappa shape index (κ2) is 9.43. The van der Waals surface area contributed by atoms with Gasteiger partial charge in [0.25, 0.3) is 5.91 Å². The van der Waals surface area contributed by atoms with Gasteiger partial charge < -0.3 is 4.74 Å². The predicted octanol–water partition coefficient (Wildman–Crippen LogP) is 6.67. The van der Waals surface area contributed by atoms with Crippen LogP contribution in [-0.2, 0) is 4.79 Å². The molecule has 5 nitrogen and oxygen atoms in total. The molecule has 7 heteroatoms. The number of anilines is 1. The van der Waals surface area contributed by atoms with Gasteiger partial charge in [-0.05, 0) is 60.2 Å². The molecular weight excluding hydrogens is 464 g/mol. The number of para-hydroxylation sites is 1. The quantitative estimate of drug-likeness (QED) is 0.255. The fraction of sp³-hybridized carbons (Fsp3) is 0. The maximum Gasteiger partial charge on any atom is 0.334 e. The van der Waals surface area contributed by atoms with E-state index in [0.717, 1.165) is 15.3 Å². The number of carbonyl (C=O) groups is 2. The number of benzene rings is 3. The smallest absolute Gasteiger partial charge is 0.334 e. The van der Waals surface area contributed by atoms with Crippen LogP contribution in [0.15, 0.2) is 103 Å². The van der Waals surface area contributed by atoms with Crippen LogP contribution in [0.2, 0.25) is 0 Å². The number of nitrogens with zero attached hydrogens (tertiary/aromatic N) is 1. The lowest BCUT2D eigenvalue weighted by atomic mass is 10.1. The van der Waals surface area contributed by atoms with Crippen molar-refractivity contribution in [1.29, 1.82) is 0 Å². The van der Waals surface area contributed by atoms with Crippen molar-refractivity contribution in [3.05, 3.63) is 108 Å². The summed E-state index contributed by atoms with van der Waals surface area (Å²) in [6.45, 7) is 0. The van der Waals surface area contributed by atoms with Gasteiger partial charge in [0, 0.05) is 9.75 Å². The van der Waals surface area contributed by atoms with E-state index in [0.29, 0.717) is 17.2 Å². The van der Waals surface area contributed by atoms with Gasteiger partial charge in [0.1, 0.15) is 16.5 Å². The highest BCUT2D eigenvalue weighted by molar-refractivity contribution is 7.81. The third-order valence-corrected chi connectivity index (χ3v) is 6.63. The molecule has 0 saturated carbocycles. The first-order chi connectivity index (χ1) is 16.6. The summed E-state index contributed by atoms with van der Waals surface area (Å²) < 4.78 is 5.81. The molecule has 1 aromatic heterocycles. The Hall–Kier alpha value is -4.07. The molecule has 4 aromatic rings. The number of urea groups is 1. The molecule has 166 valence electrons. The number of ether oxygens (including phenoxy) is 1. The van der Waals surface area contributed by atoms with Crippen LogP contribution in [0, 0.1) is 0 Å². The number of carbonyl (C=O) groups excluding carboxylic acids is 2. The summed E-state index contributed by atoms with van der Waals surface area (Å²) in [6, 6.07) is 29.7. The number of hydrogen-bond donors (Lipinski definition) is 1. The largest absolute Gasteiger partial charge is 0.457 e. The van der Waals surface area contributed by atoms with E-state index in [1.807, 2.05) is 72.8 Å². The van der Waals surface area contributed by atoms with Gasteiger partial charge in [0.05, 0.1) is 11.3 Å². The summed E-state index contributed by atoms with van der Waals surface area (Å²) in [6.07, 6.45) is 1.72. The third kappa shape index (κ3) is 4.52. The van der Waals surface area contributed by atoms with Gasteiger partial charge in [-0.15, -0.1) is 11.3 Å². The zero-order valence-corrected chi connectivity index (χ0v) is 19.4. The van der Waals surface area contributed by atoms with E-state index in [2.05, 4.69) is 5.32 Å². The summed E-state index contributed by atoms with van der Waals surface area (Å²) in [7, 11) is 0. The van der Waals surface area contributed by atoms with Crippen LogP contribution in [0.1, 0.15) is 4.88 Å². The molecule has 1 N–H and O–H groups in total. The molecule has 1 aliphatic rings. The number of thiophene rings is 1. The molecule has 0 unspecified atom stereocenters. The Labute approximate surface area is 205 Å². The molecular formula is C27H18N2O3S2. The van der Waals surface area contributed by atoms with Crippen molar-refractivity contribution in [2.45, 2.75) is 0 Å². The van der Waals surface area contributed by atoms with Crippen LogP contribution in [0.4, 0.5) is 10.5 Å². The van der Waals surface area contributed by atoms with Gasteiger partial charge in [-0.25, -0.2) is 4.79 Å².